The van der Waals surface area contributed by atoms with Gasteiger partial charge in [0.05, 0.1) is 5.41 Å². The first-order chi connectivity index (χ1) is 6.64. The Morgan fingerprint density at radius 1 is 1.57 bits per heavy atom. The second kappa shape index (κ2) is 2.17. The van der Waals surface area contributed by atoms with Gasteiger partial charge < -0.3 is 11.1 Å². The van der Waals surface area contributed by atoms with Crippen LogP contribution in [-0.2, 0) is 10.2 Å². The first kappa shape index (κ1) is 8.00. The lowest BCUT2D eigenvalue weighted by molar-refractivity contribution is -0.118. The van der Waals surface area contributed by atoms with Gasteiger partial charge >= 0.3 is 0 Å². The van der Waals surface area contributed by atoms with Crippen LogP contribution in [-0.4, -0.2) is 11.9 Å². The van der Waals surface area contributed by atoms with Gasteiger partial charge in [-0.15, -0.1) is 0 Å². The lowest BCUT2D eigenvalue weighted by atomic mass is 9.96. The summed E-state index contributed by atoms with van der Waals surface area (Å²) in [5.41, 5.74) is 8.65. The molecule has 0 radical (unpaired) electrons. The fourth-order valence-electron chi connectivity index (χ4n) is 2.37. The van der Waals surface area contributed by atoms with Crippen molar-refractivity contribution >= 4 is 11.6 Å². The molecule has 3 N–H and O–H groups in total. The van der Waals surface area contributed by atoms with Crippen molar-refractivity contribution in [2.75, 3.05) is 5.32 Å². The summed E-state index contributed by atoms with van der Waals surface area (Å²) in [6, 6.07) is 6.07. The van der Waals surface area contributed by atoms with Crippen LogP contribution in [0.2, 0.25) is 0 Å². The molecule has 1 aromatic carbocycles. The highest BCUT2D eigenvalue weighted by atomic mass is 16.2. The number of fused-ring (bicyclic) bond motifs is 2. The van der Waals surface area contributed by atoms with Crippen LogP contribution in [0.5, 0.6) is 0 Å². The van der Waals surface area contributed by atoms with Crippen LogP contribution >= 0.6 is 0 Å². The monoisotopic (exact) mass is 188 g/mol. The van der Waals surface area contributed by atoms with Gasteiger partial charge in [-0.3, -0.25) is 4.79 Å². The van der Waals surface area contributed by atoms with Crippen LogP contribution in [0.1, 0.15) is 17.5 Å². The summed E-state index contributed by atoms with van der Waals surface area (Å²) in [5, 5.41) is 2.90. The number of benzene rings is 1. The smallest absolute Gasteiger partial charge is 0.236 e. The number of nitrogens with one attached hydrogen (secondary N) is 1. The fourth-order valence-corrected chi connectivity index (χ4v) is 2.37. The summed E-state index contributed by atoms with van der Waals surface area (Å²) in [4.78, 5) is 11.7. The van der Waals surface area contributed by atoms with E-state index in [1.807, 2.05) is 25.1 Å². The number of rotatable bonds is 0. The van der Waals surface area contributed by atoms with Crippen molar-refractivity contribution in [1.82, 2.24) is 0 Å². The fraction of sp³-hybridized carbons (Fsp3) is 0.364. The standard InChI is InChI=1S/C11H12N2O/c1-6-2-3-7-8(4-6)13-10(14)11(7)5-9(11)12/h2-4,9H,5,12H2,1H3,(H,13,14). The van der Waals surface area contributed by atoms with E-state index in [1.54, 1.807) is 0 Å². The molecule has 3 nitrogen and oxygen atoms in total. The minimum absolute atomic E-state index is 0.00598. The number of carbonyl (C=O) groups is 1. The molecule has 3 heteroatoms. The molecular weight excluding hydrogens is 176 g/mol. The van der Waals surface area contributed by atoms with Gasteiger partial charge in [0.2, 0.25) is 5.91 Å². The Hall–Kier alpha value is -1.35. The van der Waals surface area contributed by atoms with Gasteiger partial charge in [-0.05, 0) is 30.5 Å². The molecule has 1 spiro atoms. The van der Waals surface area contributed by atoms with Crippen LogP contribution in [0, 0.1) is 6.92 Å². The number of nitrogens with two attached hydrogens (primary N) is 1. The molecule has 1 aliphatic heterocycles. The highest BCUT2D eigenvalue weighted by Crippen LogP contribution is 2.54. The van der Waals surface area contributed by atoms with Crippen molar-refractivity contribution in [2.24, 2.45) is 5.73 Å². The highest BCUT2D eigenvalue weighted by molar-refractivity contribution is 6.09. The molecule has 0 aromatic heterocycles. The molecular formula is C11H12N2O. The predicted octanol–water partition coefficient (Wildman–Crippen LogP) is 0.916. The normalized spacial score (nSPS) is 33.0. The van der Waals surface area contributed by atoms with Gasteiger partial charge in [-0.25, -0.2) is 0 Å². The number of carbonyl (C=O) groups excluding carboxylic acids is 1. The van der Waals surface area contributed by atoms with E-state index in [4.69, 9.17) is 5.73 Å². The third-order valence-electron chi connectivity index (χ3n) is 3.32. The number of amides is 1. The van der Waals surface area contributed by atoms with Gasteiger partial charge in [0.25, 0.3) is 0 Å². The summed E-state index contributed by atoms with van der Waals surface area (Å²) in [5.74, 6) is 0.0746. The third kappa shape index (κ3) is 0.738. The lowest BCUT2D eigenvalue weighted by Gasteiger charge is -2.05. The Morgan fingerprint density at radius 3 is 2.93 bits per heavy atom. The minimum Gasteiger partial charge on any atom is -0.326 e. The summed E-state index contributed by atoms with van der Waals surface area (Å²) >= 11 is 0. The molecule has 2 atom stereocenters. The average Bonchev–Trinajstić information content (AvgIpc) is 2.70. The molecule has 1 aromatic rings. The zero-order valence-electron chi connectivity index (χ0n) is 8.00. The Balaban J connectivity index is 2.20. The van der Waals surface area contributed by atoms with Gasteiger partial charge in [-0.1, -0.05) is 12.1 Å². The Labute approximate surface area is 82.3 Å². The summed E-state index contributed by atoms with van der Waals surface area (Å²) in [6.45, 7) is 2.02. The second-order valence-corrected chi connectivity index (χ2v) is 4.29. The SMILES string of the molecule is Cc1ccc2c(c1)NC(=O)C21CC1N. The van der Waals surface area contributed by atoms with E-state index in [9.17, 15) is 4.79 Å². The molecule has 1 fully saturated rings. The number of aryl methyl sites for hydroxylation is 1. The maximum Gasteiger partial charge on any atom is 0.236 e. The number of hydrogen-bond donors (Lipinski definition) is 2. The van der Waals surface area contributed by atoms with E-state index >= 15 is 0 Å². The van der Waals surface area contributed by atoms with E-state index < -0.39 is 0 Å². The van der Waals surface area contributed by atoms with Crippen LogP contribution in [0.25, 0.3) is 0 Å². The zero-order chi connectivity index (χ0) is 9.92. The minimum atomic E-state index is -0.386. The summed E-state index contributed by atoms with van der Waals surface area (Å²) in [7, 11) is 0. The van der Waals surface area contributed by atoms with E-state index in [1.165, 1.54) is 0 Å². The third-order valence-corrected chi connectivity index (χ3v) is 3.32. The predicted molar refractivity (Wildman–Crippen MR) is 54.1 cm³/mol. The molecule has 0 bridgehead atoms. The molecule has 1 aliphatic carbocycles. The van der Waals surface area contributed by atoms with Crippen LogP contribution in [0.4, 0.5) is 5.69 Å². The number of anilines is 1. The maximum absolute atomic E-state index is 11.7. The summed E-state index contributed by atoms with van der Waals surface area (Å²) < 4.78 is 0. The molecule has 1 saturated carbocycles. The second-order valence-electron chi connectivity index (χ2n) is 4.29. The van der Waals surface area contributed by atoms with E-state index in [0.717, 1.165) is 23.2 Å². The van der Waals surface area contributed by atoms with Crippen molar-refractivity contribution in [1.29, 1.82) is 0 Å². The molecule has 3 rings (SSSR count). The maximum atomic E-state index is 11.7. The largest absolute Gasteiger partial charge is 0.326 e. The van der Waals surface area contributed by atoms with Crippen LogP contribution in [0.3, 0.4) is 0 Å². The topological polar surface area (TPSA) is 55.1 Å². The van der Waals surface area contributed by atoms with Crippen LogP contribution < -0.4 is 11.1 Å². The van der Waals surface area contributed by atoms with Crippen molar-refractivity contribution in [3.63, 3.8) is 0 Å². The molecule has 1 heterocycles. The summed E-state index contributed by atoms with van der Waals surface area (Å²) in [6.07, 6.45) is 0.787. The molecule has 1 amide bonds. The Morgan fingerprint density at radius 2 is 2.29 bits per heavy atom. The first-order valence-corrected chi connectivity index (χ1v) is 4.83. The molecule has 2 unspecified atom stereocenters. The highest BCUT2D eigenvalue weighted by Gasteiger charge is 2.63. The molecule has 14 heavy (non-hydrogen) atoms. The Kier molecular flexibility index (Phi) is 1.24. The molecule has 0 saturated heterocycles. The lowest BCUT2D eigenvalue weighted by Crippen LogP contribution is -2.26. The number of hydrogen-bond acceptors (Lipinski definition) is 2. The molecule has 72 valence electrons. The van der Waals surface area contributed by atoms with Crippen molar-refractivity contribution < 1.29 is 4.79 Å². The quantitative estimate of drug-likeness (QED) is 0.636. The Bertz CT molecular complexity index is 441. The van der Waals surface area contributed by atoms with Crippen LogP contribution in [0.15, 0.2) is 18.2 Å². The average molecular weight is 188 g/mol. The van der Waals surface area contributed by atoms with Gasteiger partial charge in [0.1, 0.15) is 0 Å². The first-order valence-electron chi connectivity index (χ1n) is 4.83. The molecule has 2 aliphatic rings. The van der Waals surface area contributed by atoms with Crippen molar-refractivity contribution in [2.45, 2.75) is 24.8 Å². The van der Waals surface area contributed by atoms with Crippen molar-refractivity contribution in [3.8, 4) is 0 Å². The van der Waals surface area contributed by atoms with Gasteiger partial charge in [0, 0.05) is 11.7 Å². The zero-order valence-corrected chi connectivity index (χ0v) is 8.00. The van der Waals surface area contributed by atoms with E-state index in [2.05, 4.69) is 5.32 Å². The van der Waals surface area contributed by atoms with Gasteiger partial charge in [-0.2, -0.15) is 0 Å². The van der Waals surface area contributed by atoms with Crippen molar-refractivity contribution in [3.05, 3.63) is 29.3 Å². The van der Waals surface area contributed by atoms with Gasteiger partial charge in [0.15, 0.2) is 0 Å². The van der Waals surface area contributed by atoms with E-state index in [-0.39, 0.29) is 17.4 Å². The van der Waals surface area contributed by atoms with E-state index in [0.29, 0.717) is 0 Å².